The van der Waals surface area contributed by atoms with E-state index < -0.39 is 5.82 Å². The number of amides is 2. The first-order chi connectivity index (χ1) is 13.5. The van der Waals surface area contributed by atoms with Gasteiger partial charge in [0.2, 0.25) is 5.91 Å². The van der Waals surface area contributed by atoms with Gasteiger partial charge in [0.1, 0.15) is 5.82 Å². The van der Waals surface area contributed by atoms with E-state index in [0.717, 1.165) is 5.69 Å². The minimum atomic E-state index is -0.493. The van der Waals surface area contributed by atoms with E-state index in [0.29, 0.717) is 11.3 Å². The van der Waals surface area contributed by atoms with Gasteiger partial charge in [0.25, 0.3) is 5.91 Å². The molecule has 142 valence electrons. The van der Waals surface area contributed by atoms with Gasteiger partial charge in [-0.05, 0) is 42.5 Å². The zero-order chi connectivity index (χ0) is 19.9. The smallest absolute Gasteiger partial charge is 0.258 e. The first-order valence-electron chi connectivity index (χ1n) is 8.76. The lowest BCUT2D eigenvalue weighted by Gasteiger charge is -2.18. The lowest BCUT2D eigenvalue weighted by molar-refractivity contribution is -0.114. The number of anilines is 3. The van der Waals surface area contributed by atoms with Gasteiger partial charge >= 0.3 is 0 Å². The van der Waals surface area contributed by atoms with Crippen molar-refractivity contribution in [1.29, 1.82) is 0 Å². The van der Waals surface area contributed by atoms with Gasteiger partial charge < -0.3 is 15.5 Å². The Hall–Kier alpha value is -3.67. The van der Waals surface area contributed by atoms with Crippen LogP contribution in [0.1, 0.15) is 10.4 Å². The Labute approximate surface area is 162 Å². The largest absolute Gasteiger partial charge is 0.376 e. The molecule has 2 N–H and O–H groups in total. The lowest BCUT2D eigenvalue weighted by atomic mass is 10.1. The van der Waals surface area contributed by atoms with Crippen molar-refractivity contribution in [3.05, 3.63) is 90.2 Å². The van der Waals surface area contributed by atoms with E-state index in [1.807, 2.05) is 30.3 Å². The molecular weight excluding hydrogens is 357 g/mol. The normalized spacial score (nSPS) is 10.2. The SMILES string of the molecule is CN(C(=O)c1cccc(NCC(=O)Nc2ccccc2F)c1)c1ccccc1. The maximum Gasteiger partial charge on any atom is 0.258 e. The van der Waals surface area contributed by atoms with Crippen molar-refractivity contribution in [2.75, 3.05) is 29.1 Å². The molecule has 5 nitrogen and oxygen atoms in total. The van der Waals surface area contributed by atoms with E-state index in [-0.39, 0.29) is 24.0 Å². The Bertz CT molecular complexity index is 976. The molecule has 0 fully saturated rings. The Morgan fingerprint density at radius 1 is 0.929 bits per heavy atom. The zero-order valence-electron chi connectivity index (χ0n) is 15.4. The number of benzene rings is 3. The number of nitrogens with one attached hydrogen (secondary N) is 2. The number of carbonyl (C=O) groups is 2. The maximum absolute atomic E-state index is 13.6. The van der Waals surface area contributed by atoms with Gasteiger partial charge in [-0.1, -0.05) is 36.4 Å². The summed E-state index contributed by atoms with van der Waals surface area (Å²) in [4.78, 5) is 26.3. The van der Waals surface area contributed by atoms with Crippen LogP contribution in [-0.4, -0.2) is 25.4 Å². The van der Waals surface area contributed by atoms with Gasteiger partial charge in [-0.25, -0.2) is 4.39 Å². The van der Waals surface area contributed by atoms with E-state index in [1.54, 1.807) is 48.3 Å². The molecule has 2 amide bonds. The van der Waals surface area contributed by atoms with E-state index in [4.69, 9.17) is 0 Å². The number of halogens is 1. The molecule has 6 heteroatoms. The fourth-order valence-electron chi connectivity index (χ4n) is 2.66. The molecule has 3 rings (SSSR count). The summed E-state index contributed by atoms with van der Waals surface area (Å²) in [5.74, 6) is -1.04. The second-order valence-corrected chi connectivity index (χ2v) is 6.16. The molecule has 0 atom stereocenters. The Morgan fingerprint density at radius 3 is 2.39 bits per heavy atom. The quantitative estimate of drug-likeness (QED) is 0.678. The molecule has 0 radical (unpaired) electrons. The zero-order valence-corrected chi connectivity index (χ0v) is 15.4. The highest BCUT2D eigenvalue weighted by molar-refractivity contribution is 6.06. The molecular formula is C22H20FN3O2. The number of para-hydroxylation sites is 2. The van der Waals surface area contributed by atoms with Crippen LogP contribution in [0.4, 0.5) is 21.5 Å². The summed E-state index contributed by atoms with van der Waals surface area (Å²) in [6.07, 6.45) is 0. The summed E-state index contributed by atoms with van der Waals surface area (Å²) in [6, 6.07) is 22.2. The molecule has 0 bridgehead atoms. The monoisotopic (exact) mass is 377 g/mol. The fraction of sp³-hybridized carbons (Fsp3) is 0.0909. The Morgan fingerprint density at radius 2 is 1.64 bits per heavy atom. The van der Waals surface area contributed by atoms with Gasteiger partial charge in [0.15, 0.2) is 0 Å². The average molecular weight is 377 g/mol. The van der Waals surface area contributed by atoms with E-state index in [2.05, 4.69) is 10.6 Å². The molecule has 0 unspecified atom stereocenters. The van der Waals surface area contributed by atoms with Crippen LogP contribution in [0.15, 0.2) is 78.9 Å². The first kappa shape index (κ1) is 19.1. The van der Waals surface area contributed by atoms with Crippen LogP contribution in [0.2, 0.25) is 0 Å². The lowest BCUT2D eigenvalue weighted by Crippen LogP contribution is -2.26. The Balaban J connectivity index is 1.62. The number of hydrogen-bond donors (Lipinski definition) is 2. The van der Waals surface area contributed by atoms with E-state index in [1.165, 1.54) is 12.1 Å². The van der Waals surface area contributed by atoms with Crippen molar-refractivity contribution < 1.29 is 14.0 Å². The highest BCUT2D eigenvalue weighted by Gasteiger charge is 2.14. The van der Waals surface area contributed by atoms with Gasteiger partial charge in [0, 0.05) is 24.0 Å². The van der Waals surface area contributed by atoms with Crippen LogP contribution in [0.5, 0.6) is 0 Å². The topological polar surface area (TPSA) is 61.4 Å². The standard InChI is InChI=1S/C22H20FN3O2/c1-26(18-10-3-2-4-11-18)22(28)16-8-7-9-17(14-16)24-15-21(27)25-20-13-6-5-12-19(20)23/h2-14,24H,15H2,1H3,(H,25,27). The molecule has 3 aromatic rings. The van der Waals surface area contributed by atoms with Crippen molar-refractivity contribution in [3.8, 4) is 0 Å². The number of carbonyl (C=O) groups excluding carboxylic acids is 2. The van der Waals surface area contributed by atoms with Crippen LogP contribution < -0.4 is 15.5 Å². The molecule has 0 aliphatic heterocycles. The molecule has 0 aliphatic carbocycles. The summed E-state index contributed by atoms with van der Waals surface area (Å²) in [5.41, 5.74) is 2.03. The maximum atomic E-state index is 13.6. The minimum Gasteiger partial charge on any atom is -0.376 e. The van der Waals surface area contributed by atoms with Crippen molar-refractivity contribution in [1.82, 2.24) is 0 Å². The molecule has 0 spiro atoms. The van der Waals surface area contributed by atoms with Crippen LogP contribution in [-0.2, 0) is 4.79 Å². The highest BCUT2D eigenvalue weighted by atomic mass is 19.1. The second-order valence-electron chi connectivity index (χ2n) is 6.16. The molecule has 3 aromatic carbocycles. The molecule has 28 heavy (non-hydrogen) atoms. The molecule has 0 saturated carbocycles. The molecule has 0 saturated heterocycles. The van der Waals surface area contributed by atoms with Crippen molar-refractivity contribution in [3.63, 3.8) is 0 Å². The van der Waals surface area contributed by atoms with Crippen LogP contribution in [0, 0.1) is 5.82 Å². The van der Waals surface area contributed by atoms with Crippen LogP contribution in [0.3, 0.4) is 0 Å². The summed E-state index contributed by atoms with van der Waals surface area (Å²) >= 11 is 0. The van der Waals surface area contributed by atoms with Crippen LogP contribution in [0.25, 0.3) is 0 Å². The number of rotatable bonds is 6. The fourth-order valence-corrected chi connectivity index (χ4v) is 2.66. The van der Waals surface area contributed by atoms with Crippen molar-refractivity contribution >= 4 is 28.9 Å². The van der Waals surface area contributed by atoms with Crippen molar-refractivity contribution in [2.45, 2.75) is 0 Å². The third kappa shape index (κ3) is 4.73. The average Bonchev–Trinajstić information content (AvgIpc) is 2.74. The minimum absolute atomic E-state index is 0.0551. The summed E-state index contributed by atoms with van der Waals surface area (Å²) in [7, 11) is 1.71. The second kappa shape index (κ2) is 8.81. The molecule has 0 heterocycles. The molecule has 0 aliphatic rings. The van der Waals surface area contributed by atoms with E-state index in [9.17, 15) is 14.0 Å². The summed E-state index contributed by atoms with van der Waals surface area (Å²) < 4.78 is 13.6. The third-order valence-electron chi connectivity index (χ3n) is 4.16. The highest BCUT2D eigenvalue weighted by Crippen LogP contribution is 2.17. The number of hydrogen-bond acceptors (Lipinski definition) is 3. The van der Waals surface area contributed by atoms with Crippen LogP contribution >= 0.6 is 0 Å². The van der Waals surface area contributed by atoms with Gasteiger partial charge in [-0.15, -0.1) is 0 Å². The summed E-state index contributed by atoms with van der Waals surface area (Å²) in [6.45, 7) is -0.0551. The Kier molecular flexibility index (Phi) is 6.01. The first-order valence-corrected chi connectivity index (χ1v) is 8.76. The molecule has 0 aromatic heterocycles. The van der Waals surface area contributed by atoms with Gasteiger partial charge in [-0.3, -0.25) is 9.59 Å². The van der Waals surface area contributed by atoms with Gasteiger partial charge in [0.05, 0.1) is 12.2 Å². The predicted molar refractivity (Wildman–Crippen MR) is 109 cm³/mol. The van der Waals surface area contributed by atoms with E-state index >= 15 is 0 Å². The van der Waals surface area contributed by atoms with Crippen molar-refractivity contribution in [2.24, 2.45) is 0 Å². The van der Waals surface area contributed by atoms with Gasteiger partial charge in [-0.2, -0.15) is 0 Å². The third-order valence-corrected chi connectivity index (χ3v) is 4.16. The predicted octanol–water partition coefficient (Wildman–Crippen LogP) is 4.15. The summed E-state index contributed by atoms with van der Waals surface area (Å²) in [5, 5.41) is 5.46. The number of nitrogens with zero attached hydrogens (tertiary/aromatic N) is 1.